The SMILES string of the molecule is CC(CCCNN[C@@H](CO)C(=O)NCC(=O)N[C@@H](CO)C(N)=O)CC(N)=O. The Bertz CT molecular complexity index is 503. The van der Waals surface area contributed by atoms with Gasteiger partial charge in [0.1, 0.15) is 12.1 Å². The fourth-order valence-corrected chi connectivity index (χ4v) is 2.12. The predicted octanol–water partition coefficient (Wildman–Crippen LogP) is -4.19. The molecule has 0 saturated carbocycles. The molecule has 12 heteroatoms. The fourth-order valence-electron chi connectivity index (χ4n) is 2.12. The average molecular weight is 390 g/mol. The molecular formula is C15H30N6O6. The van der Waals surface area contributed by atoms with Crippen molar-refractivity contribution in [1.82, 2.24) is 21.5 Å². The summed E-state index contributed by atoms with van der Waals surface area (Å²) in [7, 11) is 0. The molecule has 0 spiro atoms. The van der Waals surface area contributed by atoms with Crippen LogP contribution in [0.1, 0.15) is 26.2 Å². The molecule has 0 aromatic heterocycles. The molecule has 0 aromatic carbocycles. The number of amides is 4. The first-order chi connectivity index (χ1) is 12.7. The van der Waals surface area contributed by atoms with E-state index in [-0.39, 0.29) is 11.8 Å². The lowest BCUT2D eigenvalue weighted by molar-refractivity contribution is -0.130. The van der Waals surface area contributed by atoms with Crippen molar-refractivity contribution in [3.63, 3.8) is 0 Å². The number of rotatable bonds is 15. The third-order valence-electron chi connectivity index (χ3n) is 3.61. The molecule has 0 aromatic rings. The highest BCUT2D eigenvalue weighted by Crippen LogP contribution is 2.08. The van der Waals surface area contributed by atoms with Gasteiger partial charge in [0.05, 0.1) is 19.8 Å². The number of hydrazine groups is 1. The van der Waals surface area contributed by atoms with Crippen molar-refractivity contribution in [1.29, 1.82) is 0 Å². The Balaban J connectivity index is 4.08. The van der Waals surface area contributed by atoms with Crippen molar-refractivity contribution >= 4 is 23.6 Å². The van der Waals surface area contributed by atoms with E-state index in [0.29, 0.717) is 13.0 Å². The van der Waals surface area contributed by atoms with Gasteiger partial charge in [-0.15, -0.1) is 0 Å². The number of aliphatic hydroxyl groups excluding tert-OH is 2. The summed E-state index contributed by atoms with van der Waals surface area (Å²) in [4.78, 5) is 45.2. The molecule has 0 radical (unpaired) electrons. The largest absolute Gasteiger partial charge is 0.394 e. The van der Waals surface area contributed by atoms with E-state index in [9.17, 15) is 24.3 Å². The number of carbonyl (C=O) groups excluding carboxylic acids is 4. The number of hydrogen-bond acceptors (Lipinski definition) is 8. The average Bonchev–Trinajstić information content (AvgIpc) is 2.59. The van der Waals surface area contributed by atoms with Gasteiger partial charge in [-0.1, -0.05) is 6.92 Å². The lowest BCUT2D eigenvalue weighted by Crippen LogP contribution is -2.54. The van der Waals surface area contributed by atoms with Gasteiger partial charge in [-0.2, -0.15) is 0 Å². The predicted molar refractivity (Wildman–Crippen MR) is 95.4 cm³/mol. The topological polar surface area (TPSA) is 209 Å². The van der Waals surface area contributed by atoms with E-state index in [2.05, 4.69) is 21.5 Å². The summed E-state index contributed by atoms with van der Waals surface area (Å²) in [6, 6.07) is -2.23. The lowest BCUT2D eigenvalue weighted by Gasteiger charge is -2.18. The van der Waals surface area contributed by atoms with Crippen molar-refractivity contribution in [3.05, 3.63) is 0 Å². The van der Waals surface area contributed by atoms with Crippen LogP contribution in [0.3, 0.4) is 0 Å². The van der Waals surface area contributed by atoms with E-state index in [0.717, 1.165) is 12.8 Å². The highest BCUT2D eigenvalue weighted by Gasteiger charge is 2.20. The van der Waals surface area contributed by atoms with E-state index < -0.39 is 49.6 Å². The summed E-state index contributed by atoms with van der Waals surface area (Å²) in [6.45, 7) is 0.777. The van der Waals surface area contributed by atoms with Crippen LogP contribution >= 0.6 is 0 Å². The van der Waals surface area contributed by atoms with Gasteiger partial charge >= 0.3 is 0 Å². The molecule has 1 unspecified atom stereocenters. The van der Waals surface area contributed by atoms with Gasteiger partial charge < -0.3 is 32.3 Å². The number of primary amides is 2. The summed E-state index contributed by atoms with van der Waals surface area (Å²) in [5.41, 5.74) is 15.5. The maximum absolute atomic E-state index is 11.9. The third-order valence-corrected chi connectivity index (χ3v) is 3.61. The summed E-state index contributed by atoms with van der Waals surface area (Å²) >= 11 is 0. The van der Waals surface area contributed by atoms with Gasteiger partial charge in [-0.25, -0.2) is 5.43 Å². The number of nitrogens with two attached hydrogens (primary N) is 2. The zero-order chi connectivity index (χ0) is 20.8. The van der Waals surface area contributed by atoms with Crippen molar-refractivity contribution in [2.75, 3.05) is 26.3 Å². The van der Waals surface area contributed by atoms with E-state index in [1.165, 1.54) is 0 Å². The smallest absolute Gasteiger partial charge is 0.242 e. The molecule has 3 atom stereocenters. The van der Waals surface area contributed by atoms with Crippen molar-refractivity contribution < 1.29 is 29.4 Å². The molecular weight excluding hydrogens is 360 g/mol. The van der Waals surface area contributed by atoms with Crippen LogP contribution < -0.4 is 33.0 Å². The van der Waals surface area contributed by atoms with Gasteiger partial charge in [0.25, 0.3) is 0 Å². The highest BCUT2D eigenvalue weighted by atomic mass is 16.3. The Morgan fingerprint density at radius 1 is 1.04 bits per heavy atom. The first kappa shape index (κ1) is 24.7. The van der Waals surface area contributed by atoms with Gasteiger partial charge in [0.15, 0.2) is 0 Å². The minimum absolute atomic E-state index is 0.155. The molecule has 10 N–H and O–H groups in total. The number of aliphatic hydroxyl groups is 2. The molecule has 0 aliphatic rings. The van der Waals surface area contributed by atoms with E-state index in [1.807, 2.05) is 6.92 Å². The second-order valence-electron chi connectivity index (χ2n) is 6.15. The normalized spacial score (nSPS) is 14.0. The number of nitrogens with one attached hydrogen (secondary N) is 4. The maximum Gasteiger partial charge on any atom is 0.242 e. The number of hydrogen-bond donors (Lipinski definition) is 8. The second kappa shape index (κ2) is 13.9. The van der Waals surface area contributed by atoms with Crippen LogP contribution in [0.15, 0.2) is 0 Å². The molecule has 27 heavy (non-hydrogen) atoms. The quantitative estimate of drug-likeness (QED) is 0.101. The minimum atomic E-state index is -1.24. The molecule has 0 heterocycles. The summed E-state index contributed by atoms with van der Waals surface area (Å²) in [5, 5.41) is 22.6. The number of carbonyl (C=O) groups is 4. The first-order valence-electron chi connectivity index (χ1n) is 8.56. The molecule has 0 fully saturated rings. The standard InChI is InChI=1S/C15H30N6O6/c1-9(5-12(16)24)3-2-4-19-21-11(8-23)15(27)18-6-13(25)20-10(7-22)14(17)26/h9-11,19,21-23H,2-8H2,1H3,(H2,16,24)(H2,17,26)(H,18,27)(H,20,25)/t9?,10-,11-/m0/s1. The Hall–Kier alpha value is -2.28. The zero-order valence-electron chi connectivity index (χ0n) is 15.4. The van der Waals surface area contributed by atoms with Crippen LogP contribution in [0, 0.1) is 5.92 Å². The molecule has 156 valence electrons. The van der Waals surface area contributed by atoms with Gasteiger partial charge in [-0.05, 0) is 18.8 Å². The summed E-state index contributed by atoms with van der Waals surface area (Å²) in [5.74, 6) is -2.45. The third kappa shape index (κ3) is 11.9. The highest BCUT2D eigenvalue weighted by molar-refractivity contribution is 5.90. The van der Waals surface area contributed by atoms with E-state index in [1.54, 1.807) is 0 Å². The first-order valence-corrected chi connectivity index (χ1v) is 8.56. The van der Waals surface area contributed by atoms with Crippen LogP contribution in [0.4, 0.5) is 0 Å². The zero-order valence-corrected chi connectivity index (χ0v) is 15.4. The van der Waals surface area contributed by atoms with Crippen molar-refractivity contribution in [2.24, 2.45) is 17.4 Å². The maximum atomic E-state index is 11.9. The molecule has 12 nitrogen and oxygen atoms in total. The molecule has 0 saturated heterocycles. The monoisotopic (exact) mass is 390 g/mol. The van der Waals surface area contributed by atoms with Crippen LogP contribution in [-0.4, -0.2) is 72.2 Å². The van der Waals surface area contributed by atoms with Gasteiger partial charge in [0, 0.05) is 13.0 Å². The van der Waals surface area contributed by atoms with Crippen LogP contribution in [0.2, 0.25) is 0 Å². The second-order valence-corrected chi connectivity index (χ2v) is 6.15. The van der Waals surface area contributed by atoms with Crippen LogP contribution in [0.25, 0.3) is 0 Å². The van der Waals surface area contributed by atoms with E-state index in [4.69, 9.17) is 16.6 Å². The molecule has 4 amide bonds. The van der Waals surface area contributed by atoms with Crippen LogP contribution in [0.5, 0.6) is 0 Å². The fraction of sp³-hybridized carbons (Fsp3) is 0.733. The molecule has 0 aliphatic carbocycles. The Labute approximate surface area is 157 Å². The Kier molecular flexibility index (Phi) is 12.7. The van der Waals surface area contributed by atoms with Crippen molar-refractivity contribution in [2.45, 2.75) is 38.3 Å². The molecule has 0 rings (SSSR count). The van der Waals surface area contributed by atoms with Gasteiger partial charge in [-0.3, -0.25) is 24.6 Å². The van der Waals surface area contributed by atoms with Gasteiger partial charge in [0.2, 0.25) is 23.6 Å². The van der Waals surface area contributed by atoms with Crippen LogP contribution in [-0.2, 0) is 19.2 Å². The van der Waals surface area contributed by atoms with E-state index >= 15 is 0 Å². The Morgan fingerprint density at radius 3 is 2.19 bits per heavy atom. The lowest BCUT2D eigenvalue weighted by atomic mass is 10.0. The molecule has 0 bridgehead atoms. The van der Waals surface area contributed by atoms with Crippen molar-refractivity contribution in [3.8, 4) is 0 Å². The minimum Gasteiger partial charge on any atom is -0.394 e. The Morgan fingerprint density at radius 2 is 1.67 bits per heavy atom. The summed E-state index contributed by atoms with van der Waals surface area (Å²) < 4.78 is 0. The summed E-state index contributed by atoms with van der Waals surface area (Å²) in [6.07, 6.45) is 1.79. The molecule has 0 aliphatic heterocycles.